The molecule has 0 heterocycles. The zero-order valence-corrected chi connectivity index (χ0v) is 19.5. The van der Waals surface area contributed by atoms with Crippen molar-refractivity contribution >= 4 is 0 Å². The average molecular weight is 449 g/mol. The minimum atomic E-state index is -0.866. The van der Waals surface area contributed by atoms with Crippen LogP contribution in [0.1, 0.15) is 75.3 Å². The minimum absolute atomic E-state index is 0.0210. The standard InChI is InChI=1S/C30H34F2O/c1-2-3-5-10-22-15-17-24(18-16-22)27-19-20-28(30(32)29(27)31)33-21-25-13-8-9-14-26(25)23-11-6-4-7-12-23/h4,6-9,11-14,19-20,22,24H,2-3,5,10,15-18,21H2,1H3. The lowest BCUT2D eigenvalue weighted by Gasteiger charge is -2.29. The van der Waals surface area contributed by atoms with E-state index in [9.17, 15) is 4.39 Å². The molecule has 1 saturated carbocycles. The summed E-state index contributed by atoms with van der Waals surface area (Å²) >= 11 is 0. The van der Waals surface area contributed by atoms with Crippen LogP contribution in [0, 0.1) is 17.6 Å². The van der Waals surface area contributed by atoms with E-state index in [2.05, 4.69) is 6.92 Å². The molecule has 3 heteroatoms. The summed E-state index contributed by atoms with van der Waals surface area (Å²) in [6, 6.07) is 21.2. The molecule has 0 unspecified atom stereocenters. The Labute approximate surface area is 196 Å². The molecular weight excluding hydrogens is 414 g/mol. The van der Waals surface area contributed by atoms with Crippen molar-refractivity contribution in [3.63, 3.8) is 0 Å². The van der Waals surface area contributed by atoms with Crippen molar-refractivity contribution < 1.29 is 13.5 Å². The van der Waals surface area contributed by atoms with Gasteiger partial charge in [0.2, 0.25) is 5.82 Å². The van der Waals surface area contributed by atoms with E-state index >= 15 is 4.39 Å². The van der Waals surface area contributed by atoms with E-state index in [1.54, 1.807) is 12.1 Å². The smallest absolute Gasteiger partial charge is 0.200 e. The van der Waals surface area contributed by atoms with Crippen LogP contribution < -0.4 is 4.74 Å². The van der Waals surface area contributed by atoms with E-state index in [4.69, 9.17) is 4.74 Å². The van der Waals surface area contributed by atoms with E-state index in [-0.39, 0.29) is 18.3 Å². The molecule has 0 aliphatic heterocycles. The van der Waals surface area contributed by atoms with Crippen molar-refractivity contribution in [3.05, 3.63) is 89.5 Å². The zero-order valence-electron chi connectivity index (χ0n) is 19.5. The zero-order chi connectivity index (χ0) is 23.0. The second kappa shape index (κ2) is 11.4. The van der Waals surface area contributed by atoms with Crippen molar-refractivity contribution in [1.82, 2.24) is 0 Å². The van der Waals surface area contributed by atoms with Crippen molar-refractivity contribution in [3.8, 4) is 16.9 Å². The molecule has 1 fully saturated rings. The molecule has 3 aromatic carbocycles. The SMILES string of the molecule is CCCCCC1CCC(c2ccc(OCc3ccccc3-c3ccccc3)c(F)c2F)CC1. The highest BCUT2D eigenvalue weighted by Crippen LogP contribution is 2.40. The summed E-state index contributed by atoms with van der Waals surface area (Å²) in [7, 11) is 0. The van der Waals surface area contributed by atoms with E-state index in [0.717, 1.165) is 48.3 Å². The van der Waals surface area contributed by atoms with Crippen molar-refractivity contribution in [1.29, 1.82) is 0 Å². The molecule has 0 spiro atoms. The van der Waals surface area contributed by atoms with E-state index in [0.29, 0.717) is 5.56 Å². The lowest BCUT2D eigenvalue weighted by atomic mass is 9.77. The Hall–Kier alpha value is -2.68. The first-order valence-corrected chi connectivity index (χ1v) is 12.4. The number of benzene rings is 3. The summed E-state index contributed by atoms with van der Waals surface area (Å²) in [6.07, 6.45) is 9.20. The summed E-state index contributed by atoms with van der Waals surface area (Å²) < 4.78 is 35.7. The predicted octanol–water partition coefficient (Wildman–Crippen LogP) is 9.06. The summed E-state index contributed by atoms with van der Waals surface area (Å²) in [5.41, 5.74) is 3.56. The maximum Gasteiger partial charge on any atom is 0.200 e. The third-order valence-corrected chi connectivity index (χ3v) is 7.06. The molecule has 3 aromatic rings. The van der Waals surface area contributed by atoms with Gasteiger partial charge in [-0.15, -0.1) is 0 Å². The number of unbranched alkanes of at least 4 members (excludes halogenated alkanes) is 2. The van der Waals surface area contributed by atoms with Gasteiger partial charge in [0, 0.05) is 0 Å². The maximum absolute atomic E-state index is 15.0. The quantitative estimate of drug-likeness (QED) is 0.297. The molecule has 33 heavy (non-hydrogen) atoms. The molecule has 0 bridgehead atoms. The highest BCUT2D eigenvalue weighted by molar-refractivity contribution is 5.67. The summed E-state index contributed by atoms with van der Waals surface area (Å²) in [5, 5.41) is 0. The van der Waals surface area contributed by atoms with Gasteiger partial charge in [0.15, 0.2) is 11.6 Å². The highest BCUT2D eigenvalue weighted by atomic mass is 19.2. The largest absolute Gasteiger partial charge is 0.486 e. The van der Waals surface area contributed by atoms with Gasteiger partial charge in [-0.25, -0.2) is 4.39 Å². The van der Waals surface area contributed by atoms with Gasteiger partial charge in [0.25, 0.3) is 0 Å². The van der Waals surface area contributed by atoms with E-state index in [1.165, 1.54) is 25.7 Å². The first-order valence-electron chi connectivity index (χ1n) is 12.4. The van der Waals surface area contributed by atoms with Crippen molar-refractivity contribution in [2.45, 2.75) is 70.8 Å². The summed E-state index contributed by atoms with van der Waals surface area (Å²) in [6.45, 7) is 2.41. The molecule has 1 nitrogen and oxygen atoms in total. The number of ether oxygens (including phenoxy) is 1. The fraction of sp³-hybridized carbons (Fsp3) is 0.400. The topological polar surface area (TPSA) is 9.23 Å². The minimum Gasteiger partial charge on any atom is -0.486 e. The summed E-state index contributed by atoms with van der Waals surface area (Å²) in [4.78, 5) is 0. The van der Waals surface area contributed by atoms with Crippen LogP contribution in [0.15, 0.2) is 66.7 Å². The Morgan fingerprint density at radius 1 is 0.788 bits per heavy atom. The Balaban J connectivity index is 1.41. The van der Waals surface area contributed by atoms with Crippen LogP contribution in [0.4, 0.5) is 8.78 Å². The molecule has 1 aliphatic rings. The van der Waals surface area contributed by atoms with Gasteiger partial charge in [0.1, 0.15) is 6.61 Å². The monoisotopic (exact) mass is 448 g/mol. The van der Waals surface area contributed by atoms with Gasteiger partial charge < -0.3 is 4.74 Å². The van der Waals surface area contributed by atoms with Crippen LogP contribution in [0.25, 0.3) is 11.1 Å². The third-order valence-electron chi connectivity index (χ3n) is 7.06. The molecule has 0 amide bonds. The molecule has 0 radical (unpaired) electrons. The highest BCUT2D eigenvalue weighted by Gasteiger charge is 2.26. The molecule has 174 valence electrons. The molecule has 0 aromatic heterocycles. The Morgan fingerprint density at radius 3 is 2.27 bits per heavy atom. The van der Waals surface area contributed by atoms with Gasteiger partial charge in [-0.2, -0.15) is 4.39 Å². The van der Waals surface area contributed by atoms with Gasteiger partial charge in [-0.05, 0) is 65.8 Å². The second-order valence-corrected chi connectivity index (χ2v) is 9.31. The molecule has 0 saturated heterocycles. The first-order chi connectivity index (χ1) is 16.2. The lowest BCUT2D eigenvalue weighted by Crippen LogP contribution is -2.15. The molecule has 1 aliphatic carbocycles. The average Bonchev–Trinajstić information content (AvgIpc) is 2.86. The molecule has 0 atom stereocenters. The van der Waals surface area contributed by atoms with E-state index < -0.39 is 11.6 Å². The van der Waals surface area contributed by atoms with Crippen LogP contribution >= 0.6 is 0 Å². The number of rotatable bonds is 9. The maximum atomic E-state index is 15.0. The molecule has 4 rings (SSSR count). The Bertz CT molecular complexity index is 1020. The van der Waals surface area contributed by atoms with Crippen LogP contribution in [0.3, 0.4) is 0 Å². The van der Waals surface area contributed by atoms with E-state index in [1.807, 2.05) is 54.6 Å². The van der Waals surface area contributed by atoms with Gasteiger partial charge in [0.05, 0.1) is 0 Å². The predicted molar refractivity (Wildman–Crippen MR) is 131 cm³/mol. The second-order valence-electron chi connectivity index (χ2n) is 9.31. The number of hydrogen-bond donors (Lipinski definition) is 0. The van der Waals surface area contributed by atoms with Crippen LogP contribution in [0.2, 0.25) is 0 Å². The van der Waals surface area contributed by atoms with Crippen LogP contribution in [-0.4, -0.2) is 0 Å². The lowest BCUT2D eigenvalue weighted by molar-refractivity contribution is 0.279. The van der Waals surface area contributed by atoms with Gasteiger partial charge in [-0.1, -0.05) is 93.3 Å². The Kier molecular flexibility index (Phi) is 8.15. The van der Waals surface area contributed by atoms with Crippen LogP contribution in [-0.2, 0) is 6.61 Å². The fourth-order valence-corrected chi connectivity index (χ4v) is 5.12. The number of hydrogen-bond acceptors (Lipinski definition) is 1. The van der Waals surface area contributed by atoms with Crippen molar-refractivity contribution in [2.24, 2.45) is 5.92 Å². The van der Waals surface area contributed by atoms with Crippen LogP contribution in [0.5, 0.6) is 5.75 Å². The first kappa shape index (κ1) is 23.5. The fourth-order valence-electron chi connectivity index (χ4n) is 5.12. The molecule has 0 N–H and O–H groups in total. The van der Waals surface area contributed by atoms with Gasteiger partial charge >= 0.3 is 0 Å². The Morgan fingerprint density at radius 2 is 1.52 bits per heavy atom. The summed E-state index contributed by atoms with van der Waals surface area (Å²) in [5.74, 6) is -0.775. The normalized spacial score (nSPS) is 18.3. The van der Waals surface area contributed by atoms with Gasteiger partial charge in [-0.3, -0.25) is 0 Å². The van der Waals surface area contributed by atoms with Crippen molar-refractivity contribution in [2.75, 3.05) is 0 Å². The third kappa shape index (κ3) is 5.82. The number of halogens is 2. The molecular formula is C30H34F2O.